The van der Waals surface area contributed by atoms with Crippen molar-refractivity contribution in [3.63, 3.8) is 0 Å². The van der Waals surface area contributed by atoms with E-state index in [9.17, 15) is 0 Å². The van der Waals surface area contributed by atoms with Gasteiger partial charge in [-0.25, -0.2) is 5.90 Å². The Hall–Kier alpha value is -0.740. The Balaban J connectivity index is 0. The third kappa shape index (κ3) is 246. The Morgan fingerprint density at radius 3 is 1.33 bits per heavy atom. The Labute approximate surface area is 34.5 Å². The highest BCUT2D eigenvalue weighted by Gasteiger charge is 1.47. The molecule has 0 aliphatic rings. The van der Waals surface area contributed by atoms with Crippen LogP contribution in [0.5, 0.6) is 0 Å². The lowest BCUT2D eigenvalue weighted by atomic mass is 10.9. The van der Waals surface area contributed by atoms with Crippen LogP contribution in [0, 0.1) is 0 Å². The van der Waals surface area contributed by atoms with Crippen molar-refractivity contribution in [2.24, 2.45) is 5.90 Å². The number of hydrogen-bond donors (Lipinski definition) is 2. The number of nitrogens with two attached hydrogens (primary N) is 1. The van der Waals surface area contributed by atoms with Gasteiger partial charge in [0.2, 0.25) is 0 Å². The fourth-order valence-corrected chi connectivity index (χ4v) is 0. The average Bonchev–Trinajstić information content (AvgIpc) is 1.72. The minimum absolute atomic E-state index is 0.194. The van der Waals surface area contributed by atoms with Gasteiger partial charge in [-0.2, -0.15) is 0 Å². The molecule has 0 fully saturated rings. The lowest BCUT2D eigenvalue weighted by molar-refractivity contribution is -0.122. The normalized spacial score (nSPS) is 4.33. The molecular formula is C2H5NO3. The van der Waals surface area contributed by atoms with Gasteiger partial charge in [0.05, 0.1) is 0 Å². The highest BCUT2D eigenvalue weighted by atomic mass is 16.4. The van der Waals surface area contributed by atoms with E-state index in [4.69, 9.17) is 14.8 Å². The molecule has 0 aromatic carbocycles. The number of rotatable bonds is 1. The van der Waals surface area contributed by atoms with Crippen molar-refractivity contribution in [1.82, 2.24) is 0 Å². The maximum atomic E-state index is 8.81. The van der Waals surface area contributed by atoms with Crippen molar-refractivity contribution < 1.29 is 14.8 Å². The van der Waals surface area contributed by atoms with Crippen molar-refractivity contribution in [1.29, 1.82) is 0 Å². The van der Waals surface area contributed by atoms with Crippen molar-refractivity contribution in [2.45, 2.75) is 0 Å². The van der Waals surface area contributed by atoms with E-state index in [2.05, 4.69) is 5.90 Å². The summed E-state index contributed by atoms with van der Waals surface area (Å²) in [7, 11) is 0. The summed E-state index contributed by atoms with van der Waals surface area (Å²) in [4.78, 5) is 17.6. The van der Waals surface area contributed by atoms with Crippen LogP contribution in [0.15, 0.2) is 0 Å². The quantitative estimate of drug-likeness (QED) is 0.239. The van der Waals surface area contributed by atoms with E-state index >= 15 is 0 Å². The molecule has 0 aliphatic carbocycles. The first-order chi connectivity index (χ1) is 2.91. The van der Waals surface area contributed by atoms with Gasteiger partial charge in [-0.05, 0) is 0 Å². The molecule has 0 unspecified atom stereocenters. The van der Waals surface area contributed by atoms with Crippen LogP contribution in [0.25, 0.3) is 0 Å². The first kappa shape index (κ1) is 8.98. The number of carbonyl (C=O) groups is 2. The highest BCUT2D eigenvalue weighted by molar-refractivity contribution is 6.09. The minimum Gasteiger partial charge on any atom is -0.320 e. The second-order valence-corrected chi connectivity index (χ2v) is 0.272. The van der Waals surface area contributed by atoms with Crippen molar-refractivity contribution in [3.05, 3.63) is 0 Å². The van der Waals surface area contributed by atoms with E-state index in [1.807, 2.05) is 0 Å². The molecule has 0 heterocycles. The molecule has 0 aromatic heterocycles. The number of aldehydes is 2. The molecule has 0 saturated heterocycles. The summed E-state index contributed by atoms with van der Waals surface area (Å²) in [5.41, 5.74) is 0. The Morgan fingerprint density at radius 2 is 1.33 bits per heavy atom. The van der Waals surface area contributed by atoms with Crippen LogP contribution in [0.4, 0.5) is 0 Å². The predicted octanol–water partition coefficient (Wildman–Crippen LogP) is -1.28. The minimum atomic E-state index is 0.194. The first-order valence-corrected chi connectivity index (χ1v) is 1.06. The third-order valence-electron chi connectivity index (χ3n) is 0.0556. The standard InChI is InChI=1S/C2H2O2.H3NO/c3-1-2-4;1-2/h1-2H;2H,1H2. The fraction of sp³-hybridized carbons (Fsp3) is 0. The van der Waals surface area contributed by atoms with Crippen molar-refractivity contribution in [3.8, 4) is 0 Å². The molecule has 0 radical (unpaired) electrons. The molecule has 0 bridgehead atoms. The van der Waals surface area contributed by atoms with Gasteiger partial charge in [0, 0.05) is 0 Å². The summed E-state index contributed by atoms with van der Waals surface area (Å²) in [6, 6.07) is 0. The van der Waals surface area contributed by atoms with Gasteiger partial charge in [-0.1, -0.05) is 0 Å². The van der Waals surface area contributed by atoms with Gasteiger partial charge in [0.1, 0.15) is 0 Å². The average molecular weight is 91.1 g/mol. The largest absolute Gasteiger partial charge is 0.320 e. The molecule has 4 heteroatoms. The number of hydrogen-bond acceptors (Lipinski definition) is 4. The Morgan fingerprint density at radius 1 is 1.17 bits per heavy atom. The maximum absolute atomic E-state index is 8.81. The van der Waals surface area contributed by atoms with E-state index in [1.165, 1.54) is 0 Å². The van der Waals surface area contributed by atoms with Crippen LogP contribution < -0.4 is 5.90 Å². The van der Waals surface area contributed by atoms with Crippen LogP contribution in [0.3, 0.4) is 0 Å². The fourth-order valence-electron chi connectivity index (χ4n) is 0. The summed E-state index contributed by atoms with van der Waals surface area (Å²) in [5, 5.41) is 6.50. The SMILES string of the molecule is NO.O=CC=O. The number of carbonyl (C=O) groups excluding carboxylic acids is 2. The molecular weight excluding hydrogens is 86.0 g/mol. The van der Waals surface area contributed by atoms with E-state index in [-0.39, 0.29) is 12.6 Å². The second kappa shape index (κ2) is 28.5. The molecule has 3 N–H and O–H groups in total. The first-order valence-electron chi connectivity index (χ1n) is 1.06. The Bertz CT molecular complexity index is 29.8. The zero-order valence-corrected chi connectivity index (χ0v) is 3.00. The third-order valence-corrected chi connectivity index (χ3v) is 0.0556. The maximum Gasteiger partial charge on any atom is 0.182 e. The molecule has 0 amide bonds. The molecule has 36 valence electrons. The monoisotopic (exact) mass is 91.0 g/mol. The molecule has 0 saturated carbocycles. The molecule has 0 aromatic rings. The molecule has 0 rings (SSSR count). The predicted molar refractivity (Wildman–Crippen MR) is 18.1 cm³/mol. The lowest BCUT2D eigenvalue weighted by Gasteiger charge is -1.31. The lowest BCUT2D eigenvalue weighted by Crippen LogP contribution is -1.72. The summed E-state index contributed by atoms with van der Waals surface area (Å²) < 4.78 is 0. The van der Waals surface area contributed by atoms with Crippen molar-refractivity contribution >= 4 is 12.6 Å². The van der Waals surface area contributed by atoms with E-state index < -0.39 is 0 Å². The van der Waals surface area contributed by atoms with Crippen LogP contribution in [0.2, 0.25) is 0 Å². The summed E-state index contributed by atoms with van der Waals surface area (Å²) in [6.45, 7) is 0. The van der Waals surface area contributed by atoms with Crippen LogP contribution in [-0.4, -0.2) is 17.8 Å². The van der Waals surface area contributed by atoms with Crippen molar-refractivity contribution in [2.75, 3.05) is 0 Å². The molecule has 0 atom stereocenters. The van der Waals surface area contributed by atoms with Crippen LogP contribution >= 0.6 is 0 Å². The summed E-state index contributed by atoms with van der Waals surface area (Å²) >= 11 is 0. The molecule has 6 heavy (non-hydrogen) atoms. The van der Waals surface area contributed by atoms with Gasteiger partial charge in [0.25, 0.3) is 0 Å². The van der Waals surface area contributed by atoms with Gasteiger partial charge < -0.3 is 5.21 Å². The van der Waals surface area contributed by atoms with E-state index in [0.29, 0.717) is 0 Å². The molecule has 0 aliphatic heterocycles. The smallest absolute Gasteiger partial charge is 0.182 e. The summed E-state index contributed by atoms with van der Waals surface area (Å²) in [5.74, 6) is 3.50. The molecule has 0 spiro atoms. The van der Waals surface area contributed by atoms with Gasteiger partial charge >= 0.3 is 0 Å². The van der Waals surface area contributed by atoms with Gasteiger partial charge in [-0.15, -0.1) is 0 Å². The zero-order valence-electron chi connectivity index (χ0n) is 3.00. The van der Waals surface area contributed by atoms with Crippen LogP contribution in [0.1, 0.15) is 0 Å². The Kier molecular flexibility index (Phi) is 42.7. The zero-order chi connectivity index (χ0) is 5.41. The van der Waals surface area contributed by atoms with Gasteiger partial charge in [-0.3, -0.25) is 9.59 Å². The van der Waals surface area contributed by atoms with Crippen LogP contribution in [-0.2, 0) is 9.59 Å². The van der Waals surface area contributed by atoms with E-state index in [1.54, 1.807) is 0 Å². The van der Waals surface area contributed by atoms with E-state index in [0.717, 1.165) is 0 Å². The molecule has 4 nitrogen and oxygen atoms in total. The topological polar surface area (TPSA) is 80.4 Å². The highest BCUT2D eigenvalue weighted by Crippen LogP contribution is 1.12. The second-order valence-electron chi connectivity index (χ2n) is 0.272. The summed E-state index contributed by atoms with van der Waals surface area (Å²) in [6.07, 6.45) is 0.389. The van der Waals surface area contributed by atoms with Gasteiger partial charge in [0.15, 0.2) is 12.6 Å².